The van der Waals surface area contributed by atoms with Crippen molar-refractivity contribution in [2.24, 2.45) is 11.5 Å². The molecule has 90 valence electrons. The van der Waals surface area contributed by atoms with E-state index < -0.39 is 5.66 Å². The van der Waals surface area contributed by atoms with E-state index in [4.69, 9.17) is 23.1 Å². The van der Waals surface area contributed by atoms with Crippen LogP contribution in [0.4, 0.5) is 0 Å². The van der Waals surface area contributed by atoms with E-state index in [9.17, 15) is 0 Å². The van der Waals surface area contributed by atoms with Crippen molar-refractivity contribution in [1.82, 2.24) is 5.32 Å². The number of hydrogen-bond donors (Lipinski definition) is 3. The van der Waals surface area contributed by atoms with Gasteiger partial charge in [0.05, 0.1) is 5.70 Å². The molecule has 0 amide bonds. The molecule has 0 aliphatic carbocycles. The molecular formula is C13H16ClN3. The summed E-state index contributed by atoms with van der Waals surface area (Å²) in [6, 6.07) is 9.95. The molecule has 1 unspecified atom stereocenters. The third-order valence-electron chi connectivity index (χ3n) is 2.80. The van der Waals surface area contributed by atoms with Crippen LogP contribution >= 0.6 is 11.6 Å². The Balaban J connectivity index is 2.37. The minimum Gasteiger partial charge on any atom is -0.397 e. The second-order valence-corrected chi connectivity index (χ2v) is 4.53. The third kappa shape index (κ3) is 2.62. The number of halogens is 1. The predicted molar refractivity (Wildman–Crippen MR) is 72.1 cm³/mol. The number of allylic oxidation sites excluding steroid dienone is 1. The second-order valence-electron chi connectivity index (χ2n) is 4.15. The zero-order valence-electron chi connectivity index (χ0n) is 9.49. The van der Waals surface area contributed by atoms with Gasteiger partial charge in [0.2, 0.25) is 0 Å². The molecule has 17 heavy (non-hydrogen) atoms. The van der Waals surface area contributed by atoms with Gasteiger partial charge in [-0.05, 0) is 11.6 Å². The maximum Gasteiger partial charge on any atom is 0.107 e. The molecule has 0 aromatic heterocycles. The predicted octanol–water partition coefficient (Wildman–Crippen LogP) is 1.76. The minimum atomic E-state index is -0.615. The first-order valence-corrected chi connectivity index (χ1v) is 6.05. The summed E-state index contributed by atoms with van der Waals surface area (Å²) in [6.07, 6.45) is 4.34. The Morgan fingerprint density at radius 3 is 2.59 bits per heavy atom. The standard InChI is InChI=1S/C13H16ClN3/c14-7-6-13(16)8-11(12(15)9-17-13)10-4-2-1-3-5-10/h1-5,8-9,17H,6-7,15-16H2. The van der Waals surface area contributed by atoms with E-state index in [0.717, 1.165) is 11.1 Å². The van der Waals surface area contributed by atoms with Gasteiger partial charge in [-0.2, -0.15) is 0 Å². The number of nitrogens with two attached hydrogens (primary N) is 2. The van der Waals surface area contributed by atoms with Crippen molar-refractivity contribution in [2.45, 2.75) is 12.1 Å². The average Bonchev–Trinajstić information content (AvgIpc) is 2.34. The molecule has 4 heteroatoms. The van der Waals surface area contributed by atoms with Crippen LogP contribution < -0.4 is 16.8 Å². The molecule has 0 bridgehead atoms. The van der Waals surface area contributed by atoms with Crippen molar-refractivity contribution in [3.05, 3.63) is 53.9 Å². The van der Waals surface area contributed by atoms with Gasteiger partial charge in [-0.25, -0.2) is 0 Å². The maximum absolute atomic E-state index is 6.19. The third-order valence-corrected chi connectivity index (χ3v) is 2.99. The highest BCUT2D eigenvalue weighted by molar-refractivity contribution is 6.17. The number of rotatable bonds is 3. The van der Waals surface area contributed by atoms with Crippen LogP contribution in [0, 0.1) is 0 Å². The van der Waals surface area contributed by atoms with Gasteiger partial charge in [-0.1, -0.05) is 30.3 Å². The molecule has 0 saturated carbocycles. The van der Waals surface area contributed by atoms with Gasteiger partial charge < -0.3 is 16.8 Å². The van der Waals surface area contributed by atoms with E-state index >= 15 is 0 Å². The first-order valence-electron chi connectivity index (χ1n) is 5.51. The molecule has 0 saturated heterocycles. The van der Waals surface area contributed by atoms with E-state index in [0.29, 0.717) is 18.0 Å². The van der Waals surface area contributed by atoms with Gasteiger partial charge in [0, 0.05) is 24.1 Å². The largest absolute Gasteiger partial charge is 0.397 e. The van der Waals surface area contributed by atoms with Crippen molar-refractivity contribution in [2.75, 3.05) is 5.88 Å². The van der Waals surface area contributed by atoms with E-state index in [1.807, 2.05) is 36.4 Å². The molecule has 0 spiro atoms. The maximum atomic E-state index is 6.19. The van der Waals surface area contributed by atoms with Gasteiger partial charge in [-0.15, -0.1) is 11.6 Å². The normalized spacial score (nSPS) is 23.6. The van der Waals surface area contributed by atoms with E-state index in [1.54, 1.807) is 6.20 Å². The Labute approximate surface area is 106 Å². The Bertz CT molecular complexity index is 453. The molecule has 1 aromatic rings. The first-order chi connectivity index (χ1) is 8.14. The fourth-order valence-electron chi connectivity index (χ4n) is 1.84. The summed E-state index contributed by atoms with van der Waals surface area (Å²) < 4.78 is 0. The van der Waals surface area contributed by atoms with Crippen molar-refractivity contribution in [3.8, 4) is 0 Å². The van der Waals surface area contributed by atoms with Crippen LogP contribution in [0.15, 0.2) is 48.3 Å². The fraction of sp³-hybridized carbons (Fsp3) is 0.231. The Kier molecular flexibility index (Phi) is 3.41. The summed E-state index contributed by atoms with van der Waals surface area (Å²) in [7, 11) is 0. The van der Waals surface area contributed by atoms with Gasteiger partial charge in [0.25, 0.3) is 0 Å². The van der Waals surface area contributed by atoms with Crippen molar-refractivity contribution >= 4 is 17.2 Å². The lowest BCUT2D eigenvalue weighted by Gasteiger charge is -2.31. The second kappa shape index (κ2) is 4.82. The summed E-state index contributed by atoms with van der Waals surface area (Å²) in [4.78, 5) is 0. The van der Waals surface area contributed by atoms with Gasteiger partial charge in [0.1, 0.15) is 5.66 Å². The quantitative estimate of drug-likeness (QED) is 0.716. The number of dihydropyridines is 1. The fourth-order valence-corrected chi connectivity index (χ4v) is 2.15. The SMILES string of the molecule is NC1=CNC(N)(CCCl)C=C1c1ccccc1. The zero-order valence-corrected chi connectivity index (χ0v) is 10.2. The van der Waals surface area contributed by atoms with Crippen LogP contribution in [0.1, 0.15) is 12.0 Å². The molecule has 5 N–H and O–H groups in total. The molecule has 1 aliphatic rings. The topological polar surface area (TPSA) is 64.1 Å². The molecular weight excluding hydrogens is 234 g/mol. The molecule has 1 atom stereocenters. The van der Waals surface area contributed by atoms with E-state index in [1.165, 1.54) is 0 Å². The molecule has 0 radical (unpaired) electrons. The summed E-state index contributed by atoms with van der Waals surface area (Å²) in [6.45, 7) is 0. The lowest BCUT2D eigenvalue weighted by atomic mass is 9.94. The van der Waals surface area contributed by atoms with Crippen LogP contribution in [0.3, 0.4) is 0 Å². The van der Waals surface area contributed by atoms with E-state index in [-0.39, 0.29) is 0 Å². The number of hydrogen-bond acceptors (Lipinski definition) is 3. The zero-order chi connectivity index (χ0) is 12.3. The van der Waals surface area contributed by atoms with Crippen molar-refractivity contribution in [3.63, 3.8) is 0 Å². The Morgan fingerprint density at radius 2 is 1.94 bits per heavy atom. The highest BCUT2D eigenvalue weighted by atomic mass is 35.5. The molecule has 3 nitrogen and oxygen atoms in total. The first kappa shape index (κ1) is 12.0. The highest BCUT2D eigenvalue weighted by Gasteiger charge is 2.25. The number of alkyl halides is 1. The molecule has 1 heterocycles. The molecule has 1 aromatic carbocycles. The molecule has 1 aliphatic heterocycles. The van der Waals surface area contributed by atoms with Gasteiger partial charge >= 0.3 is 0 Å². The number of benzene rings is 1. The monoisotopic (exact) mass is 249 g/mol. The van der Waals surface area contributed by atoms with Gasteiger partial charge in [0.15, 0.2) is 0 Å². The number of nitrogens with one attached hydrogen (secondary N) is 1. The van der Waals surface area contributed by atoms with Crippen LogP contribution in [0.2, 0.25) is 0 Å². The average molecular weight is 250 g/mol. The van der Waals surface area contributed by atoms with Crippen LogP contribution in [-0.2, 0) is 0 Å². The Hall–Kier alpha value is -1.45. The molecule has 0 fully saturated rings. The van der Waals surface area contributed by atoms with E-state index in [2.05, 4.69) is 5.32 Å². The van der Waals surface area contributed by atoms with Crippen molar-refractivity contribution in [1.29, 1.82) is 0 Å². The van der Waals surface area contributed by atoms with Gasteiger partial charge in [-0.3, -0.25) is 0 Å². The summed E-state index contributed by atoms with van der Waals surface area (Å²) in [5.41, 5.74) is 14.2. The lowest BCUT2D eigenvalue weighted by Crippen LogP contribution is -2.51. The van der Waals surface area contributed by atoms with Crippen molar-refractivity contribution < 1.29 is 0 Å². The van der Waals surface area contributed by atoms with Crippen LogP contribution in [0.5, 0.6) is 0 Å². The summed E-state index contributed by atoms with van der Waals surface area (Å²) >= 11 is 5.75. The lowest BCUT2D eigenvalue weighted by molar-refractivity contribution is 0.455. The highest BCUT2D eigenvalue weighted by Crippen LogP contribution is 2.26. The minimum absolute atomic E-state index is 0.496. The summed E-state index contributed by atoms with van der Waals surface area (Å²) in [5.74, 6) is 0.496. The Morgan fingerprint density at radius 1 is 1.24 bits per heavy atom. The molecule has 2 rings (SSSR count). The summed E-state index contributed by atoms with van der Waals surface area (Å²) in [5, 5.41) is 3.08. The van der Waals surface area contributed by atoms with Crippen LogP contribution in [-0.4, -0.2) is 11.5 Å². The van der Waals surface area contributed by atoms with Crippen LogP contribution in [0.25, 0.3) is 5.57 Å². The smallest absolute Gasteiger partial charge is 0.107 e.